The minimum absolute atomic E-state index is 0.206. The number of hydrogen-bond acceptors (Lipinski definition) is 4. The molecule has 2 heterocycles. The normalized spacial score (nSPS) is 13.0. The highest BCUT2D eigenvalue weighted by Gasteiger charge is 2.21. The summed E-state index contributed by atoms with van der Waals surface area (Å²) in [6.45, 7) is 3.82. The third-order valence-electron chi connectivity index (χ3n) is 3.38. The van der Waals surface area contributed by atoms with Gasteiger partial charge >= 0.3 is 0 Å². The standard InChI is InChI=1S/C15H15FN2S2/c1-8-5-9(2)14(10(16)6-8)15(18-17)13-7-12-11(20-13)3-4-19-12/h3-7,15,18H,17H2,1-2H3. The molecule has 3 rings (SSSR count). The zero-order valence-electron chi connectivity index (χ0n) is 11.2. The quantitative estimate of drug-likeness (QED) is 0.560. The Kier molecular flexibility index (Phi) is 3.60. The van der Waals surface area contributed by atoms with E-state index in [0.717, 1.165) is 16.0 Å². The molecule has 3 aromatic rings. The molecule has 0 saturated heterocycles. The van der Waals surface area contributed by atoms with E-state index in [-0.39, 0.29) is 11.9 Å². The van der Waals surface area contributed by atoms with Gasteiger partial charge in [-0.2, -0.15) is 0 Å². The minimum Gasteiger partial charge on any atom is -0.271 e. The third kappa shape index (κ3) is 2.27. The van der Waals surface area contributed by atoms with Crippen LogP contribution in [0.3, 0.4) is 0 Å². The van der Waals surface area contributed by atoms with E-state index >= 15 is 0 Å². The van der Waals surface area contributed by atoms with Gasteiger partial charge in [-0.05, 0) is 48.6 Å². The Labute approximate surface area is 125 Å². The number of benzene rings is 1. The summed E-state index contributed by atoms with van der Waals surface area (Å²) in [5, 5.41) is 2.06. The van der Waals surface area contributed by atoms with E-state index in [1.807, 2.05) is 19.9 Å². The smallest absolute Gasteiger partial charge is 0.128 e. The fourth-order valence-electron chi connectivity index (χ4n) is 2.53. The van der Waals surface area contributed by atoms with Crippen molar-refractivity contribution in [3.8, 4) is 0 Å². The van der Waals surface area contributed by atoms with Crippen LogP contribution < -0.4 is 11.3 Å². The summed E-state index contributed by atoms with van der Waals surface area (Å²) in [6.07, 6.45) is 0. The van der Waals surface area contributed by atoms with E-state index in [2.05, 4.69) is 22.9 Å². The van der Waals surface area contributed by atoms with Crippen LogP contribution in [-0.2, 0) is 0 Å². The molecule has 0 saturated carbocycles. The van der Waals surface area contributed by atoms with Gasteiger partial charge in [-0.3, -0.25) is 5.84 Å². The van der Waals surface area contributed by atoms with Crippen LogP contribution in [0.5, 0.6) is 0 Å². The number of fused-ring (bicyclic) bond motifs is 1. The number of nitrogens with two attached hydrogens (primary N) is 1. The van der Waals surface area contributed by atoms with Crippen LogP contribution in [-0.4, -0.2) is 0 Å². The summed E-state index contributed by atoms with van der Waals surface area (Å²) >= 11 is 3.34. The van der Waals surface area contributed by atoms with Gasteiger partial charge < -0.3 is 0 Å². The molecule has 0 aliphatic heterocycles. The number of nitrogens with one attached hydrogen (secondary N) is 1. The molecule has 0 bridgehead atoms. The minimum atomic E-state index is -0.305. The van der Waals surface area contributed by atoms with Gasteiger partial charge in [0.25, 0.3) is 0 Å². The summed E-state index contributed by atoms with van der Waals surface area (Å²) in [5.74, 6) is 5.49. The van der Waals surface area contributed by atoms with Gasteiger partial charge in [0.15, 0.2) is 0 Å². The highest BCUT2D eigenvalue weighted by molar-refractivity contribution is 7.27. The van der Waals surface area contributed by atoms with Crippen LogP contribution in [0, 0.1) is 19.7 Å². The second-order valence-electron chi connectivity index (χ2n) is 4.87. The molecule has 20 heavy (non-hydrogen) atoms. The first-order chi connectivity index (χ1) is 9.60. The van der Waals surface area contributed by atoms with Crippen molar-refractivity contribution in [2.24, 2.45) is 5.84 Å². The maximum Gasteiger partial charge on any atom is 0.128 e. The first-order valence-corrected chi connectivity index (χ1v) is 7.99. The summed E-state index contributed by atoms with van der Waals surface area (Å²) in [5.41, 5.74) is 5.23. The van der Waals surface area contributed by atoms with Crippen LogP contribution >= 0.6 is 22.7 Å². The Bertz CT molecular complexity index is 709. The molecule has 0 radical (unpaired) electrons. The molecular formula is C15H15FN2S2. The van der Waals surface area contributed by atoms with Gasteiger partial charge in [0.05, 0.1) is 6.04 Å². The Morgan fingerprint density at radius 1 is 1.20 bits per heavy atom. The van der Waals surface area contributed by atoms with Gasteiger partial charge in [-0.15, -0.1) is 22.7 Å². The Hall–Kier alpha value is -1.27. The van der Waals surface area contributed by atoms with Crippen LogP contribution in [0.15, 0.2) is 29.6 Å². The summed E-state index contributed by atoms with van der Waals surface area (Å²) < 4.78 is 16.8. The topological polar surface area (TPSA) is 38.0 Å². The molecule has 1 unspecified atom stereocenters. The van der Waals surface area contributed by atoms with Crippen molar-refractivity contribution in [2.45, 2.75) is 19.9 Å². The largest absolute Gasteiger partial charge is 0.271 e. The average Bonchev–Trinajstić information content (AvgIpc) is 2.93. The molecular weight excluding hydrogens is 291 g/mol. The zero-order chi connectivity index (χ0) is 14.3. The van der Waals surface area contributed by atoms with Gasteiger partial charge in [-0.25, -0.2) is 9.82 Å². The lowest BCUT2D eigenvalue weighted by atomic mass is 9.98. The number of thiophene rings is 2. The lowest BCUT2D eigenvalue weighted by Gasteiger charge is -2.18. The predicted octanol–water partition coefficient (Wildman–Crippen LogP) is 4.27. The van der Waals surface area contributed by atoms with Crippen LogP contribution in [0.2, 0.25) is 0 Å². The highest BCUT2D eigenvalue weighted by atomic mass is 32.1. The van der Waals surface area contributed by atoms with Gasteiger partial charge in [0.2, 0.25) is 0 Å². The summed E-state index contributed by atoms with van der Waals surface area (Å²) in [6, 6.07) is 7.41. The van der Waals surface area contributed by atoms with E-state index < -0.39 is 0 Å². The zero-order valence-corrected chi connectivity index (χ0v) is 12.9. The summed E-state index contributed by atoms with van der Waals surface area (Å²) in [4.78, 5) is 1.04. The first kappa shape index (κ1) is 13.7. The fourth-order valence-corrected chi connectivity index (χ4v) is 4.72. The van der Waals surface area contributed by atoms with Crippen molar-refractivity contribution in [3.63, 3.8) is 0 Å². The van der Waals surface area contributed by atoms with Crippen LogP contribution in [0.25, 0.3) is 9.40 Å². The molecule has 2 aromatic heterocycles. The highest BCUT2D eigenvalue weighted by Crippen LogP contribution is 2.37. The molecule has 1 atom stereocenters. The molecule has 0 aliphatic carbocycles. The number of halogens is 1. The molecule has 1 aromatic carbocycles. The van der Waals surface area contributed by atoms with Crippen molar-refractivity contribution in [1.82, 2.24) is 5.43 Å². The maximum atomic E-state index is 14.3. The SMILES string of the molecule is Cc1cc(C)c(C(NN)c2cc3sccc3s2)c(F)c1. The van der Waals surface area contributed by atoms with E-state index in [0.29, 0.717) is 5.56 Å². The maximum absolute atomic E-state index is 14.3. The molecule has 5 heteroatoms. The molecule has 0 amide bonds. The van der Waals surface area contributed by atoms with E-state index in [9.17, 15) is 4.39 Å². The first-order valence-electron chi connectivity index (χ1n) is 6.30. The molecule has 3 N–H and O–H groups in total. The van der Waals surface area contributed by atoms with Crippen LogP contribution in [0.4, 0.5) is 4.39 Å². The Morgan fingerprint density at radius 2 is 2.00 bits per heavy atom. The molecule has 2 nitrogen and oxygen atoms in total. The van der Waals surface area contributed by atoms with Crippen molar-refractivity contribution in [3.05, 3.63) is 57.0 Å². The molecule has 104 valence electrons. The van der Waals surface area contributed by atoms with Gasteiger partial charge in [0.1, 0.15) is 5.82 Å². The second kappa shape index (κ2) is 5.26. The number of hydrogen-bond donors (Lipinski definition) is 2. The number of rotatable bonds is 3. The summed E-state index contributed by atoms with van der Waals surface area (Å²) in [7, 11) is 0. The van der Waals surface area contributed by atoms with Crippen LogP contribution in [0.1, 0.15) is 27.6 Å². The lowest BCUT2D eigenvalue weighted by molar-refractivity contribution is 0.560. The lowest BCUT2D eigenvalue weighted by Crippen LogP contribution is -2.29. The molecule has 0 spiro atoms. The second-order valence-corrected chi connectivity index (χ2v) is 6.94. The van der Waals surface area contributed by atoms with Crippen molar-refractivity contribution < 1.29 is 4.39 Å². The van der Waals surface area contributed by atoms with Crippen molar-refractivity contribution >= 4 is 32.1 Å². The monoisotopic (exact) mass is 306 g/mol. The van der Waals surface area contributed by atoms with Crippen molar-refractivity contribution in [2.75, 3.05) is 0 Å². The molecule has 0 aliphatic rings. The van der Waals surface area contributed by atoms with E-state index in [1.165, 1.54) is 9.40 Å². The van der Waals surface area contributed by atoms with E-state index in [4.69, 9.17) is 5.84 Å². The average molecular weight is 306 g/mol. The fraction of sp³-hybridized carbons (Fsp3) is 0.200. The van der Waals surface area contributed by atoms with E-state index in [1.54, 1.807) is 28.7 Å². The van der Waals surface area contributed by atoms with Gasteiger partial charge in [0, 0.05) is 19.8 Å². The Balaban J connectivity index is 2.12. The molecule has 0 fully saturated rings. The van der Waals surface area contributed by atoms with Gasteiger partial charge in [-0.1, -0.05) is 6.07 Å². The number of aryl methyl sites for hydroxylation is 2. The Morgan fingerprint density at radius 3 is 2.65 bits per heavy atom. The predicted molar refractivity (Wildman–Crippen MR) is 84.7 cm³/mol. The van der Waals surface area contributed by atoms with Crippen molar-refractivity contribution in [1.29, 1.82) is 0 Å². The third-order valence-corrected chi connectivity index (χ3v) is 5.54. The number of hydrazine groups is 1.